The number of hydrogen-bond donors (Lipinski definition) is 1. The second-order valence-electron chi connectivity index (χ2n) is 4.40. The van der Waals surface area contributed by atoms with Crippen molar-refractivity contribution in [2.24, 2.45) is 0 Å². The predicted molar refractivity (Wildman–Crippen MR) is 90.2 cm³/mol. The zero-order valence-corrected chi connectivity index (χ0v) is 13.3. The molecule has 0 unspecified atom stereocenters. The van der Waals surface area contributed by atoms with Gasteiger partial charge in [-0.2, -0.15) is 0 Å². The van der Waals surface area contributed by atoms with E-state index in [1.807, 2.05) is 30.5 Å². The van der Waals surface area contributed by atoms with Crippen LogP contribution >= 0.6 is 23.1 Å². The molecule has 0 aliphatic carbocycles. The molecule has 0 amide bonds. The van der Waals surface area contributed by atoms with Crippen molar-refractivity contribution in [2.75, 3.05) is 12.9 Å². The molecule has 0 fully saturated rings. The first-order valence-corrected chi connectivity index (χ1v) is 8.40. The largest absolute Gasteiger partial charge is 0.478 e. The van der Waals surface area contributed by atoms with E-state index in [9.17, 15) is 9.90 Å². The number of thiophene rings is 1. The minimum Gasteiger partial charge on any atom is -0.478 e. The smallest absolute Gasteiger partial charge is 0.349 e. The second-order valence-corrected chi connectivity index (χ2v) is 6.22. The van der Waals surface area contributed by atoms with Crippen LogP contribution in [0.5, 0.6) is 5.75 Å². The quantitative estimate of drug-likeness (QED) is 0.581. The number of carboxylic acids is 1. The molecule has 110 valence electrons. The number of thioether (sulfide) groups is 1. The van der Waals surface area contributed by atoms with Crippen molar-refractivity contribution in [3.8, 4) is 18.1 Å². The first-order valence-electron chi connectivity index (χ1n) is 6.36. The maximum absolute atomic E-state index is 11.5. The van der Waals surface area contributed by atoms with Gasteiger partial charge in [0.05, 0.1) is 15.6 Å². The van der Waals surface area contributed by atoms with Crippen molar-refractivity contribution in [1.29, 1.82) is 0 Å². The minimum absolute atomic E-state index is 0.0206. The Morgan fingerprint density at radius 1 is 1.50 bits per heavy atom. The highest BCUT2D eigenvalue weighted by Crippen LogP contribution is 2.44. The van der Waals surface area contributed by atoms with Crippen molar-refractivity contribution in [3.63, 3.8) is 0 Å². The van der Waals surface area contributed by atoms with Crippen LogP contribution in [-0.4, -0.2) is 28.9 Å². The van der Waals surface area contributed by atoms with Gasteiger partial charge >= 0.3 is 5.97 Å². The number of para-hydroxylation sites is 1. The molecule has 2 aromatic heterocycles. The summed E-state index contributed by atoms with van der Waals surface area (Å²) in [5.74, 6) is 1.66. The van der Waals surface area contributed by atoms with Crippen LogP contribution < -0.4 is 4.74 Å². The maximum Gasteiger partial charge on any atom is 0.349 e. The lowest BCUT2D eigenvalue weighted by atomic mass is 10.2. The summed E-state index contributed by atoms with van der Waals surface area (Å²) in [5.41, 5.74) is 0.834. The highest BCUT2D eigenvalue weighted by atomic mass is 32.2. The Morgan fingerprint density at radius 3 is 2.95 bits per heavy atom. The van der Waals surface area contributed by atoms with Crippen LogP contribution in [0.4, 0.5) is 0 Å². The predicted octanol–water partition coefficient (Wildman–Crippen LogP) is 3.88. The van der Waals surface area contributed by atoms with Gasteiger partial charge in [0.2, 0.25) is 0 Å². The van der Waals surface area contributed by atoms with Crippen LogP contribution in [0.3, 0.4) is 0 Å². The number of nitrogens with zero attached hydrogens (tertiary/aromatic N) is 1. The number of aromatic carboxylic acids is 1. The average Bonchev–Trinajstić information content (AvgIpc) is 2.92. The van der Waals surface area contributed by atoms with Gasteiger partial charge in [-0.25, -0.2) is 9.78 Å². The fourth-order valence-corrected chi connectivity index (χ4v) is 4.04. The number of carboxylic acid groups (broad SMARTS) is 1. The highest BCUT2D eigenvalue weighted by Gasteiger charge is 2.24. The molecule has 1 aromatic carbocycles. The molecule has 2 heterocycles. The Hall–Kier alpha value is -2.23. The van der Waals surface area contributed by atoms with Gasteiger partial charge in [-0.3, -0.25) is 0 Å². The summed E-state index contributed by atoms with van der Waals surface area (Å²) in [6, 6.07) is 7.66. The summed E-state index contributed by atoms with van der Waals surface area (Å²) in [7, 11) is 0. The Morgan fingerprint density at radius 2 is 2.27 bits per heavy atom. The Balaban J connectivity index is 2.44. The van der Waals surface area contributed by atoms with E-state index in [-0.39, 0.29) is 11.5 Å². The summed E-state index contributed by atoms with van der Waals surface area (Å²) in [5, 5.41) is 11.8. The third-order valence-electron chi connectivity index (χ3n) is 3.14. The minimum atomic E-state index is -1.02. The summed E-state index contributed by atoms with van der Waals surface area (Å²) in [6.45, 7) is 0.0206. The summed E-state index contributed by atoms with van der Waals surface area (Å²) < 4.78 is 6.39. The van der Waals surface area contributed by atoms with Crippen LogP contribution in [-0.2, 0) is 0 Å². The summed E-state index contributed by atoms with van der Waals surface area (Å²) >= 11 is 2.65. The molecule has 0 saturated heterocycles. The Labute approximate surface area is 135 Å². The molecule has 22 heavy (non-hydrogen) atoms. The number of hydrogen-bond acceptors (Lipinski definition) is 5. The number of rotatable bonds is 4. The molecule has 1 N–H and O–H groups in total. The molecule has 4 nitrogen and oxygen atoms in total. The highest BCUT2D eigenvalue weighted by molar-refractivity contribution is 7.98. The molecule has 0 spiro atoms. The normalized spacial score (nSPS) is 10.7. The fourth-order valence-electron chi connectivity index (χ4n) is 2.27. The van der Waals surface area contributed by atoms with Gasteiger partial charge in [-0.15, -0.1) is 29.5 Å². The topological polar surface area (TPSA) is 59.4 Å². The second kappa shape index (κ2) is 5.87. The third kappa shape index (κ3) is 2.28. The number of aromatic nitrogens is 1. The van der Waals surface area contributed by atoms with E-state index in [0.29, 0.717) is 5.75 Å². The van der Waals surface area contributed by atoms with Gasteiger partial charge < -0.3 is 9.84 Å². The number of ether oxygens (including phenoxy) is 1. The molecule has 0 aliphatic heterocycles. The van der Waals surface area contributed by atoms with Crippen molar-refractivity contribution in [1.82, 2.24) is 4.98 Å². The molecule has 0 atom stereocenters. The summed E-state index contributed by atoms with van der Waals surface area (Å²) in [6.07, 6.45) is 7.14. The Bertz CT molecular complexity index is 924. The molecular weight excluding hydrogens is 318 g/mol. The van der Waals surface area contributed by atoms with E-state index in [1.165, 1.54) is 23.1 Å². The number of benzene rings is 1. The monoisotopic (exact) mass is 329 g/mol. The zero-order chi connectivity index (χ0) is 15.7. The zero-order valence-electron chi connectivity index (χ0n) is 11.6. The van der Waals surface area contributed by atoms with Gasteiger partial charge in [0, 0.05) is 5.39 Å². The summed E-state index contributed by atoms with van der Waals surface area (Å²) in [4.78, 5) is 16.3. The van der Waals surface area contributed by atoms with E-state index in [1.54, 1.807) is 0 Å². The van der Waals surface area contributed by atoms with Crippen LogP contribution in [0.25, 0.3) is 21.0 Å². The molecule has 0 saturated carbocycles. The number of carbonyl (C=O) groups is 1. The van der Waals surface area contributed by atoms with Crippen molar-refractivity contribution in [3.05, 3.63) is 29.1 Å². The van der Waals surface area contributed by atoms with Gasteiger partial charge in [0.15, 0.2) is 10.6 Å². The average molecular weight is 329 g/mol. The first-order chi connectivity index (χ1) is 10.7. The van der Waals surface area contributed by atoms with Crippen molar-refractivity contribution < 1.29 is 14.6 Å². The van der Waals surface area contributed by atoms with E-state index in [0.717, 1.165) is 26.0 Å². The van der Waals surface area contributed by atoms with Gasteiger partial charge in [0.1, 0.15) is 11.6 Å². The van der Waals surface area contributed by atoms with Gasteiger partial charge in [-0.1, -0.05) is 24.1 Å². The van der Waals surface area contributed by atoms with Crippen molar-refractivity contribution in [2.45, 2.75) is 5.03 Å². The van der Waals surface area contributed by atoms with Crippen molar-refractivity contribution >= 4 is 50.1 Å². The van der Waals surface area contributed by atoms with Gasteiger partial charge in [0.25, 0.3) is 0 Å². The maximum atomic E-state index is 11.5. The number of fused-ring (bicyclic) bond motifs is 3. The molecule has 6 heteroatoms. The molecule has 0 aliphatic rings. The first kappa shape index (κ1) is 14.7. The third-order valence-corrected chi connectivity index (χ3v) is 5.01. The molecule has 0 radical (unpaired) electrons. The van der Waals surface area contributed by atoms with Crippen LogP contribution in [0.2, 0.25) is 0 Å². The van der Waals surface area contributed by atoms with Gasteiger partial charge in [-0.05, 0) is 12.3 Å². The van der Waals surface area contributed by atoms with E-state index in [2.05, 4.69) is 10.9 Å². The number of terminal acetylenes is 1. The van der Waals surface area contributed by atoms with Crippen LogP contribution in [0.1, 0.15) is 9.67 Å². The lowest BCUT2D eigenvalue weighted by molar-refractivity contribution is 0.0699. The SMILES string of the molecule is C#CCOc1c(C(=O)O)sc2c1c(SC)nc1ccccc12. The molecule has 0 bridgehead atoms. The van der Waals surface area contributed by atoms with Crippen LogP contribution in [0, 0.1) is 12.3 Å². The van der Waals surface area contributed by atoms with E-state index >= 15 is 0 Å². The van der Waals surface area contributed by atoms with E-state index < -0.39 is 5.97 Å². The standard InChI is InChI=1S/C16H11NO3S2/c1-3-8-20-12-11-13(22-14(12)16(18)19)9-6-4-5-7-10(9)17-15(11)21-2/h1,4-7H,8H2,2H3,(H,18,19). The number of pyridine rings is 1. The Kier molecular flexibility index (Phi) is 3.92. The van der Waals surface area contributed by atoms with Crippen LogP contribution in [0.15, 0.2) is 29.3 Å². The lowest BCUT2D eigenvalue weighted by Gasteiger charge is -2.07. The molecule has 3 aromatic rings. The molecular formula is C16H11NO3S2. The molecule has 3 rings (SSSR count). The lowest BCUT2D eigenvalue weighted by Crippen LogP contribution is -2.00. The fraction of sp³-hybridized carbons (Fsp3) is 0.125. The van der Waals surface area contributed by atoms with E-state index in [4.69, 9.17) is 11.2 Å².